The molecule has 0 bridgehead atoms. The molecular formula is C13H12ClN5S. The van der Waals surface area contributed by atoms with Crippen LogP contribution in [-0.4, -0.2) is 19.9 Å². The number of aromatic nitrogens is 4. The highest BCUT2D eigenvalue weighted by Crippen LogP contribution is 2.29. The van der Waals surface area contributed by atoms with Crippen molar-refractivity contribution in [3.63, 3.8) is 0 Å². The molecule has 0 atom stereocenters. The van der Waals surface area contributed by atoms with Gasteiger partial charge in [-0.2, -0.15) is 0 Å². The van der Waals surface area contributed by atoms with Crippen LogP contribution in [0.1, 0.15) is 16.3 Å². The highest BCUT2D eigenvalue weighted by molar-refractivity contribution is 7.18. The Balaban J connectivity index is 1.88. The van der Waals surface area contributed by atoms with E-state index < -0.39 is 0 Å². The first-order valence-corrected chi connectivity index (χ1v) is 7.26. The fraction of sp³-hybridized carbons (Fsp3) is 0.231. The molecule has 0 saturated heterocycles. The minimum atomic E-state index is 0.247. The van der Waals surface area contributed by atoms with Gasteiger partial charge < -0.3 is 5.32 Å². The first-order chi connectivity index (χ1) is 9.61. The summed E-state index contributed by atoms with van der Waals surface area (Å²) in [6.07, 6.45) is 3.50. The number of halogens is 1. The van der Waals surface area contributed by atoms with Crippen LogP contribution < -0.4 is 5.32 Å². The molecule has 102 valence electrons. The highest BCUT2D eigenvalue weighted by Gasteiger charge is 2.09. The molecule has 0 aromatic carbocycles. The van der Waals surface area contributed by atoms with Gasteiger partial charge in [-0.15, -0.1) is 11.3 Å². The lowest BCUT2D eigenvalue weighted by molar-refractivity contribution is 0.977. The second kappa shape index (κ2) is 5.30. The molecule has 0 aliphatic carbocycles. The average Bonchev–Trinajstić information content (AvgIpc) is 2.78. The summed E-state index contributed by atoms with van der Waals surface area (Å²) < 4.78 is 0. The van der Waals surface area contributed by atoms with Gasteiger partial charge in [-0.25, -0.2) is 9.97 Å². The van der Waals surface area contributed by atoms with Crippen molar-refractivity contribution in [3.05, 3.63) is 40.0 Å². The summed E-state index contributed by atoms with van der Waals surface area (Å²) in [5.74, 6) is 0.728. The quantitative estimate of drug-likeness (QED) is 0.752. The lowest BCUT2D eigenvalue weighted by Crippen LogP contribution is -2.05. The van der Waals surface area contributed by atoms with Gasteiger partial charge in [-0.3, -0.25) is 9.97 Å². The third-order valence-corrected chi connectivity index (χ3v) is 3.87. The number of nitrogens with zero attached hydrogens (tertiary/aromatic N) is 4. The molecule has 1 N–H and O–H groups in total. The van der Waals surface area contributed by atoms with Crippen molar-refractivity contribution >= 4 is 39.0 Å². The van der Waals surface area contributed by atoms with Crippen LogP contribution in [0.15, 0.2) is 18.5 Å². The van der Waals surface area contributed by atoms with E-state index in [1.54, 1.807) is 23.7 Å². The Kier molecular flexibility index (Phi) is 3.50. The molecule has 0 aliphatic heterocycles. The number of hydrogen-bond donors (Lipinski definition) is 1. The van der Waals surface area contributed by atoms with Crippen LogP contribution in [0, 0.1) is 13.8 Å². The number of thiophene rings is 1. The molecule has 3 aromatic heterocycles. The van der Waals surface area contributed by atoms with E-state index in [0.717, 1.165) is 27.4 Å². The van der Waals surface area contributed by atoms with E-state index in [-0.39, 0.29) is 5.28 Å². The van der Waals surface area contributed by atoms with Gasteiger partial charge in [0.25, 0.3) is 0 Å². The molecule has 0 fully saturated rings. The number of anilines is 1. The normalized spacial score (nSPS) is 10.9. The topological polar surface area (TPSA) is 63.6 Å². The van der Waals surface area contributed by atoms with Gasteiger partial charge >= 0.3 is 0 Å². The van der Waals surface area contributed by atoms with Crippen molar-refractivity contribution < 1.29 is 0 Å². The van der Waals surface area contributed by atoms with Gasteiger partial charge in [-0.05, 0) is 31.5 Å². The smallest absolute Gasteiger partial charge is 0.225 e. The molecule has 0 unspecified atom stereocenters. The minimum absolute atomic E-state index is 0.247. The molecule has 3 heterocycles. The van der Waals surface area contributed by atoms with Gasteiger partial charge in [0, 0.05) is 11.1 Å². The van der Waals surface area contributed by atoms with Crippen LogP contribution in [0.4, 0.5) is 5.82 Å². The summed E-state index contributed by atoms with van der Waals surface area (Å²) in [5, 5.41) is 4.48. The molecule has 7 heteroatoms. The second-order valence-corrected chi connectivity index (χ2v) is 5.99. The molecule has 3 aromatic rings. The molecule has 0 saturated carbocycles. The maximum Gasteiger partial charge on any atom is 0.225 e. The Morgan fingerprint density at radius 1 is 1.20 bits per heavy atom. The lowest BCUT2D eigenvalue weighted by atomic mass is 10.3. The number of hydrogen-bond acceptors (Lipinski definition) is 6. The van der Waals surface area contributed by atoms with Crippen molar-refractivity contribution in [2.24, 2.45) is 0 Å². The maximum absolute atomic E-state index is 5.95. The van der Waals surface area contributed by atoms with Crippen molar-refractivity contribution in [1.29, 1.82) is 0 Å². The van der Waals surface area contributed by atoms with Crippen molar-refractivity contribution in [3.8, 4) is 0 Å². The summed E-state index contributed by atoms with van der Waals surface area (Å²) in [6.45, 7) is 4.49. The zero-order valence-electron chi connectivity index (χ0n) is 11.0. The Labute approximate surface area is 125 Å². The monoisotopic (exact) mass is 305 g/mol. The van der Waals surface area contributed by atoms with Crippen molar-refractivity contribution in [1.82, 2.24) is 19.9 Å². The van der Waals surface area contributed by atoms with Crippen LogP contribution in [-0.2, 0) is 6.54 Å². The summed E-state index contributed by atoms with van der Waals surface area (Å²) in [4.78, 5) is 19.1. The van der Waals surface area contributed by atoms with E-state index in [9.17, 15) is 0 Å². The van der Waals surface area contributed by atoms with E-state index in [1.807, 2.05) is 13.8 Å². The molecular weight excluding hydrogens is 294 g/mol. The Morgan fingerprint density at radius 2 is 2.05 bits per heavy atom. The first kappa shape index (κ1) is 13.2. The third kappa shape index (κ3) is 2.71. The number of aryl methyl sites for hydroxylation is 2. The molecule has 20 heavy (non-hydrogen) atoms. The van der Waals surface area contributed by atoms with E-state index >= 15 is 0 Å². The molecule has 0 amide bonds. The Bertz CT molecular complexity index is 753. The van der Waals surface area contributed by atoms with Gasteiger partial charge in [-0.1, -0.05) is 0 Å². The van der Waals surface area contributed by atoms with E-state index in [1.165, 1.54) is 4.88 Å². The largest absolute Gasteiger partial charge is 0.364 e. The minimum Gasteiger partial charge on any atom is -0.364 e. The summed E-state index contributed by atoms with van der Waals surface area (Å²) in [6, 6.07) is 2.06. The Morgan fingerprint density at radius 3 is 2.80 bits per heavy atom. The lowest BCUT2D eigenvalue weighted by Gasteiger charge is -2.06. The zero-order chi connectivity index (χ0) is 14.1. The van der Waals surface area contributed by atoms with Crippen LogP contribution in [0.5, 0.6) is 0 Å². The van der Waals surface area contributed by atoms with Crippen molar-refractivity contribution in [2.75, 3.05) is 5.32 Å². The maximum atomic E-state index is 5.95. The fourth-order valence-corrected chi connectivity index (χ4v) is 2.93. The third-order valence-electron chi connectivity index (χ3n) is 2.76. The number of rotatable bonds is 3. The first-order valence-electron chi connectivity index (χ1n) is 6.07. The molecule has 3 rings (SSSR count). The summed E-state index contributed by atoms with van der Waals surface area (Å²) in [7, 11) is 0. The summed E-state index contributed by atoms with van der Waals surface area (Å²) >= 11 is 7.55. The number of nitrogens with one attached hydrogen (secondary N) is 1. The molecule has 0 spiro atoms. The van der Waals surface area contributed by atoms with Crippen LogP contribution in [0.2, 0.25) is 5.28 Å². The van der Waals surface area contributed by atoms with Crippen LogP contribution in [0.25, 0.3) is 10.2 Å². The Hall–Kier alpha value is -1.79. The molecule has 0 radical (unpaired) electrons. The fourth-order valence-electron chi connectivity index (χ4n) is 1.84. The standard InChI is InChI=1S/C13H12ClN5S/c1-7-4-16-9(5-15-7)6-17-11-10-3-8(2)20-12(10)19-13(14)18-11/h3-5H,6H2,1-2H3,(H,17,18,19). The van der Waals surface area contributed by atoms with E-state index in [0.29, 0.717) is 6.54 Å². The van der Waals surface area contributed by atoms with Gasteiger partial charge in [0.2, 0.25) is 5.28 Å². The highest BCUT2D eigenvalue weighted by atomic mass is 35.5. The molecule has 0 aliphatic rings. The van der Waals surface area contributed by atoms with Gasteiger partial charge in [0.1, 0.15) is 10.6 Å². The van der Waals surface area contributed by atoms with Gasteiger partial charge in [0.05, 0.1) is 29.5 Å². The van der Waals surface area contributed by atoms with E-state index in [2.05, 4.69) is 31.3 Å². The molecule has 5 nitrogen and oxygen atoms in total. The van der Waals surface area contributed by atoms with Crippen molar-refractivity contribution in [2.45, 2.75) is 20.4 Å². The predicted molar refractivity (Wildman–Crippen MR) is 81.3 cm³/mol. The SMILES string of the molecule is Cc1cnc(CNc2nc(Cl)nc3sc(C)cc23)cn1. The van der Waals surface area contributed by atoms with Gasteiger partial charge in [0.15, 0.2) is 0 Å². The van der Waals surface area contributed by atoms with Crippen LogP contribution >= 0.6 is 22.9 Å². The summed E-state index contributed by atoms with van der Waals surface area (Å²) in [5.41, 5.74) is 1.75. The second-order valence-electron chi connectivity index (χ2n) is 4.42. The average molecular weight is 306 g/mol. The number of fused-ring (bicyclic) bond motifs is 1. The van der Waals surface area contributed by atoms with E-state index in [4.69, 9.17) is 11.6 Å². The zero-order valence-corrected chi connectivity index (χ0v) is 12.6. The predicted octanol–water partition coefficient (Wildman–Crippen LogP) is 3.36. The van der Waals surface area contributed by atoms with Crippen LogP contribution in [0.3, 0.4) is 0 Å².